The minimum absolute atomic E-state index is 0.210. The highest BCUT2D eigenvalue weighted by Gasteiger charge is 2.02. The zero-order chi connectivity index (χ0) is 13.1. The molecule has 0 spiro atoms. The van der Waals surface area contributed by atoms with Gasteiger partial charge >= 0.3 is 0 Å². The van der Waals surface area contributed by atoms with Crippen LogP contribution in [0.2, 0.25) is 0 Å². The Kier molecular flexibility index (Phi) is 2.77. The number of furan rings is 1. The lowest BCUT2D eigenvalue weighted by Gasteiger charge is -2.06. The summed E-state index contributed by atoms with van der Waals surface area (Å²) in [5.74, 6) is 0.281. The Morgan fingerprint density at radius 2 is 2.05 bits per heavy atom. The van der Waals surface area contributed by atoms with Crippen LogP contribution in [0.5, 0.6) is 0 Å². The molecule has 1 N–H and O–H groups in total. The van der Waals surface area contributed by atoms with Crippen molar-refractivity contribution >= 4 is 11.6 Å². The lowest BCUT2D eigenvalue weighted by molar-refractivity contribution is -0.214. The van der Waals surface area contributed by atoms with E-state index < -0.39 is 5.90 Å². The van der Waals surface area contributed by atoms with Gasteiger partial charge < -0.3 is 9.52 Å². The number of aliphatic imine (C=N–C) groups is 1. The summed E-state index contributed by atoms with van der Waals surface area (Å²) < 4.78 is 4.97. The smallest absolute Gasteiger partial charge is 0.204 e. The number of benzene rings is 1. The fraction of sp³-hybridized carbons (Fsp3) is 0. The standard InChI is InChI=1S/C12H9N5O2/c18-12(10-2-1-7-19-10)13-9-5-3-8(4-6-9)11-14-16-17-15-11/h1-7H,(H,13,18)(H,14,15,16,17)/p-1. The third-order valence-corrected chi connectivity index (χ3v) is 2.43. The topological polar surface area (TPSA) is 103 Å². The number of tetrazole rings is 1. The van der Waals surface area contributed by atoms with Crippen molar-refractivity contribution in [1.82, 2.24) is 20.6 Å². The normalized spacial score (nSPS) is 11.7. The van der Waals surface area contributed by atoms with Crippen LogP contribution in [0.1, 0.15) is 5.76 Å². The van der Waals surface area contributed by atoms with E-state index in [1.165, 1.54) is 6.26 Å². The van der Waals surface area contributed by atoms with Crippen LogP contribution in [0.25, 0.3) is 11.4 Å². The molecular weight excluding hydrogens is 246 g/mol. The number of nitrogens with one attached hydrogen (secondary N) is 1. The summed E-state index contributed by atoms with van der Waals surface area (Å²) in [4.78, 5) is 3.93. The lowest BCUT2D eigenvalue weighted by Crippen LogP contribution is -2.17. The summed E-state index contributed by atoms with van der Waals surface area (Å²) in [6.45, 7) is 0. The quantitative estimate of drug-likeness (QED) is 0.552. The largest absolute Gasteiger partial charge is 0.856 e. The van der Waals surface area contributed by atoms with E-state index in [0.29, 0.717) is 11.5 Å². The maximum Gasteiger partial charge on any atom is 0.204 e. The van der Waals surface area contributed by atoms with Crippen molar-refractivity contribution in [3.05, 3.63) is 48.4 Å². The van der Waals surface area contributed by atoms with Crippen molar-refractivity contribution in [2.24, 2.45) is 4.99 Å². The van der Waals surface area contributed by atoms with Crippen LogP contribution in [-0.4, -0.2) is 26.5 Å². The molecule has 1 aromatic carbocycles. The summed E-state index contributed by atoms with van der Waals surface area (Å²) >= 11 is 0. The zero-order valence-corrected chi connectivity index (χ0v) is 9.65. The second-order valence-corrected chi connectivity index (χ2v) is 3.68. The molecule has 7 heteroatoms. The maximum atomic E-state index is 11.7. The Labute approximate surface area is 107 Å². The molecule has 2 aromatic heterocycles. The highest BCUT2D eigenvalue weighted by atomic mass is 16.4. The van der Waals surface area contributed by atoms with Gasteiger partial charge in [-0.1, -0.05) is 0 Å². The van der Waals surface area contributed by atoms with Gasteiger partial charge in [-0.15, -0.1) is 10.2 Å². The minimum atomic E-state index is -0.419. The van der Waals surface area contributed by atoms with Gasteiger partial charge in [0.05, 0.1) is 12.0 Å². The van der Waals surface area contributed by atoms with E-state index in [1.54, 1.807) is 36.4 Å². The Bertz CT molecular complexity index is 672. The van der Waals surface area contributed by atoms with Crippen LogP contribution >= 0.6 is 0 Å². The molecule has 0 saturated carbocycles. The Morgan fingerprint density at radius 1 is 1.21 bits per heavy atom. The highest BCUT2D eigenvalue weighted by Crippen LogP contribution is 2.19. The first-order valence-electron chi connectivity index (χ1n) is 5.46. The van der Waals surface area contributed by atoms with E-state index in [9.17, 15) is 5.11 Å². The van der Waals surface area contributed by atoms with E-state index in [0.717, 1.165) is 5.56 Å². The summed E-state index contributed by atoms with van der Waals surface area (Å²) in [7, 11) is 0. The van der Waals surface area contributed by atoms with Gasteiger partial charge in [0, 0.05) is 11.5 Å². The number of rotatable bonds is 3. The molecule has 94 valence electrons. The zero-order valence-electron chi connectivity index (χ0n) is 9.65. The van der Waals surface area contributed by atoms with E-state index in [4.69, 9.17) is 4.42 Å². The molecule has 19 heavy (non-hydrogen) atoms. The van der Waals surface area contributed by atoms with Gasteiger partial charge in [-0.3, -0.25) is 4.99 Å². The van der Waals surface area contributed by atoms with Crippen molar-refractivity contribution < 1.29 is 9.52 Å². The van der Waals surface area contributed by atoms with Gasteiger partial charge in [-0.25, -0.2) is 0 Å². The van der Waals surface area contributed by atoms with E-state index in [1.807, 2.05) is 0 Å². The molecule has 2 heterocycles. The summed E-state index contributed by atoms with van der Waals surface area (Å²) in [5, 5.41) is 25.3. The fourth-order valence-corrected chi connectivity index (χ4v) is 1.54. The Hall–Kier alpha value is -2.96. The van der Waals surface area contributed by atoms with Crippen molar-refractivity contribution in [3.63, 3.8) is 0 Å². The third-order valence-electron chi connectivity index (χ3n) is 2.43. The van der Waals surface area contributed by atoms with Crippen molar-refractivity contribution in [2.45, 2.75) is 0 Å². The Balaban J connectivity index is 1.85. The second-order valence-electron chi connectivity index (χ2n) is 3.68. The molecule has 0 saturated heterocycles. The molecule has 0 aliphatic rings. The number of H-pyrrole nitrogens is 1. The van der Waals surface area contributed by atoms with Crippen LogP contribution in [0.3, 0.4) is 0 Å². The summed E-state index contributed by atoms with van der Waals surface area (Å²) in [6, 6.07) is 10.1. The van der Waals surface area contributed by atoms with Crippen LogP contribution in [-0.2, 0) is 0 Å². The van der Waals surface area contributed by atoms with Crippen molar-refractivity contribution in [1.29, 1.82) is 0 Å². The first-order valence-corrected chi connectivity index (χ1v) is 5.46. The van der Waals surface area contributed by atoms with Gasteiger partial charge in [0.15, 0.2) is 0 Å². The van der Waals surface area contributed by atoms with Gasteiger partial charge in [0.25, 0.3) is 0 Å². The highest BCUT2D eigenvalue weighted by molar-refractivity contribution is 5.89. The molecule has 0 unspecified atom stereocenters. The molecule has 0 aliphatic carbocycles. The van der Waals surface area contributed by atoms with E-state index in [2.05, 4.69) is 25.6 Å². The molecule has 0 bridgehead atoms. The van der Waals surface area contributed by atoms with E-state index in [-0.39, 0.29) is 5.76 Å². The molecule has 0 atom stereocenters. The molecule has 7 nitrogen and oxygen atoms in total. The average molecular weight is 254 g/mol. The average Bonchev–Trinajstić information content (AvgIpc) is 3.13. The molecular formula is C12H8N5O2-. The van der Waals surface area contributed by atoms with Crippen LogP contribution in [0, 0.1) is 0 Å². The van der Waals surface area contributed by atoms with E-state index >= 15 is 0 Å². The molecule has 0 radical (unpaired) electrons. The number of nitrogens with zero attached hydrogens (tertiary/aromatic N) is 4. The van der Waals surface area contributed by atoms with Crippen molar-refractivity contribution in [2.75, 3.05) is 0 Å². The Morgan fingerprint density at radius 3 is 2.68 bits per heavy atom. The number of hydrogen-bond donors (Lipinski definition) is 1. The molecule has 3 aromatic rings. The first kappa shape index (κ1) is 11.1. The van der Waals surface area contributed by atoms with Gasteiger partial charge in [0.2, 0.25) is 5.82 Å². The minimum Gasteiger partial charge on any atom is -0.856 e. The maximum absolute atomic E-state index is 11.7. The lowest BCUT2D eigenvalue weighted by atomic mass is 10.2. The monoisotopic (exact) mass is 254 g/mol. The first-order chi connectivity index (χ1) is 9.33. The predicted octanol–water partition coefficient (Wildman–Crippen LogP) is 0.898. The summed E-state index contributed by atoms with van der Waals surface area (Å²) in [5.41, 5.74) is 1.33. The van der Waals surface area contributed by atoms with Gasteiger partial charge in [-0.2, -0.15) is 5.21 Å². The molecule has 0 aliphatic heterocycles. The van der Waals surface area contributed by atoms with Crippen LogP contribution < -0.4 is 5.11 Å². The third kappa shape index (κ3) is 2.34. The summed E-state index contributed by atoms with van der Waals surface area (Å²) in [6.07, 6.45) is 1.43. The van der Waals surface area contributed by atoms with Crippen LogP contribution in [0.15, 0.2) is 52.1 Å². The number of aromatic amines is 1. The van der Waals surface area contributed by atoms with Gasteiger partial charge in [-0.05, 0) is 41.6 Å². The fourth-order valence-electron chi connectivity index (χ4n) is 1.54. The van der Waals surface area contributed by atoms with Gasteiger partial charge in [0.1, 0.15) is 5.76 Å². The second kappa shape index (κ2) is 4.73. The number of hydrogen-bond acceptors (Lipinski definition) is 6. The predicted molar refractivity (Wildman–Crippen MR) is 64.5 cm³/mol. The molecule has 0 amide bonds. The SMILES string of the molecule is [O-]C(=Nc1ccc(-c2nn[nH]n2)cc1)c1ccco1. The van der Waals surface area contributed by atoms with Crippen molar-refractivity contribution in [3.8, 4) is 11.4 Å². The molecule has 3 rings (SSSR count). The molecule has 0 fully saturated rings. The number of aromatic nitrogens is 4. The van der Waals surface area contributed by atoms with Crippen LogP contribution in [0.4, 0.5) is 5.69 Å².